The topological polar surface area (TPSA) is 13.0 Å². The van der Waals surface area contributed by atoms with Crippen molar-refractivity contribution in [1.82, 2.24) is 0 Å². The second kappa shape index (κ2) is 28.8. The zero-order valence-electron chi connectivity index (χ0n) is 59.0. The zero-order valence-corrected chi connectivity index (χ0v) is 59.0. The van der Waals surface area contributed by atoms with Crippen molar-refractivity contribution in [3.05, 3.63) is 412 Å². The molecule has 0 aliphatic carbocycles. The molecule has 0 heterocycles. The number of fused-ring (bicyclic) bond motifs is 2. The molecule has 0 unspecified atom stereocenters. The van der Waals surface area contributed by atoms with Crippen LogP contribution in [-0.2, 0) is 0 Å². The van der Waals surface area contributed by atoms with Crippen LogP contribution < -0.4 is 19.6 Å². The quantitative estimate of drug-likeness (QED) is 0.0706. The summed E-state index contributed by atoms with van der Waals surface area (Å²) >= 11 is 0. The molecular weight excluding hydrogens is 1270 g/mol. The lowest BCUT2D eigenvalue weighted by Gasteiger charge is -2.26. The summed E-state index contributed by atoms with van der Waals surface area (Å²) in [5.74, 6) is 0. The Bertz CT molecular complexity index is 5740. The molecular formula is C101H76N4. The fourth-order valence-electron chi connectivity index (χ4n) is 15.0. The maximum Gasteiger partial charge on any atom is 0.0488 e. The highest BCUT2D eigenvalue weighted by Crippen LogP contribution is 2.46. The lowest BCUT2D eigenvalue weighted by Crippen LogP contribution is -2.10. The van der Waals surface area contributed by atoms with E-state index in [2.05, 4.69) is 447 Å². The first-order valence-corrected chi connectivity index (χ1v) is 36.1. The molecule has 0 aliphatic heterocycles. The molecule has 0 fully saturated rings. The minimum absolute atomic E-state index is 1.10. The summed E-state index contributed by atoms with van der Waals surface area (Å²) in [6.45, 7) is 2.12. The SMILES string of the molecule is CN(c1ccc(-c2ccc(N(c3ccc(-c4ccccc4)cc3)c3ccc(-c4ccccc4)cc3)cc2)cc1)c1ccc2c3cccc4cccc(c5cccc1c52)c43.Cc1ccc(N(C)c2ccc(-c3ccc(N(c4ccc(-c5ccccc5)cc4)c4ccc(-c5ccccc5)cc4)cc3)cc2)cc1. The van der Waals surface area contributed by atoms with E-state index in [1.54, 1.807) is 0 Å². The van der Waals surface area contributed by atoms with E-state index in [-0.39, 0.29) is 0 Å². The molecule has 0 N–H and O–H groups in total. The highest BCUT2D eigenvalue weighted by molar-refractivity contribution is 6.34. The van der Waals surface area contributed by atoms with Crippen molar-refractivity contribution in [2.24, 2.45) is 0 Å². The van der Waals surface area contributed by atoms with Gasteiger partial charge in [-0.3, -0.25) is 0 Å². The average molecular weight is 1350 g/mol. The van der Waals surface area contributed by atoms with E-state index in [1.807, 2.05) is 0 Å². The largest absolute Gasteiger partial charge is 0.345 e. The molecule has 18 aromatic carbocycles. The first kappa shape index (κ1) is 64.8. The highest BCUT2D eigenvalue weighted by Gasteiger charge is 2.20. The van der Waals surface area contributed by atoms with Gasteiger partial charge in [0.15, 0.2) is 0 Å². The Kier molecular flexibility index (Phi) is 17.8. The van der Waals surface area contributed by atoms with Crippen LogP contribution in [0.25, 0.3) is 110 Å². The third-order valence-electron chi connectivity index (χ3n) is 20.6. The third kappa shape index (κ3) is 13.2. The van der Waals surface area contributed by atoms with Crippen molar-refractivity contribution in [3.63, 3.8) is 0 Å². The average Bonchev–Trinajstić information content (AvgIpc) is 0.719. The van der Waals surface area contributed by atoms with Gasteiger partial charge in [0.25, 0.3) is 0 Å². The van der Waals surface area contributed by atoms with Gasteiger partial charge in [-0.15, -0.1) is 0 Å². The van der Waals surface area contributed by atoms with Gasteiger partial charge in [0.1, 0.15) is 0 Å². The van der Waals surface area contributed by atoms with Gasteiger partial charge in [-0.05, 0) is 227 Å². The number of benzene rings is 18. The molecule has 105 heavy (non-hydrogen) atoms. The van der Waals surface area contributed by atoms with Crippen molar-refractivity contribution in [1.29, 1.82) is 0 Å². The molecule has 18 aromatic rings. The Morgan fingerprint density at radius 2 is 0.390 bits per heavy atom. The fraction of sp³-hybridized carbons (Fsp3) is 0.0297. The van der Waals surface area contributed by atoms with E-state index in [4.69, 9.17) is 0 Å². The van der Waals surface area contributed by atoms with Crippen LogP contribution in [0.2, 0.25) is 0 Å². The Morgan fingerprint density at radius 3 is 0.695 bits per heavy atom. The Labute approximate surface area is 615 Å². The van der Waals surface area contributed by atoms with Crippen LogP contribution in [0.3, 0.4) is 0 Å². The van der Waals surface area contributed by atoms with Crippen LogP contribution in [0.15, 0.2) is 406 Å². The van der Waals surface area contributed by atoms with Gasteiger partial charge in [-0.25, -0.2) is 0 Å². The van der Waals surface area contributed by atoms with Crippen molar-refractivity contribution in [3.8, 4) is 66.8 Å². The number of nitrogens with zero attached hydrogens (tertiary/aromatic N) is 4. The highest BCUT2D eigenvalue weighted by atomic mass is 15.1. The molecule has 0 saturated heterocycles. The summed E-state index contributed by atoms with van der Waals surface area (Å²) in [5.41, 5.74) is 27.0. The number of anilines is 10. The van der Waals surface area contributed by atoms with Crippen LogP contribution in [0, 0.1) is 6.92 Å². The Morgan fingerprint density at radius 1 is 0.162 bits per heavy atom. The van der Waals surface area contributed by atoms with E-state index in [9.17, 15) is 0 Å². The minimum Gasteiger partial charge on any atom is -0.345 e. The van der Waals surface area contributed by atoms with E-state index in [1.165, 1.54) is 127 Å². The monoisotopic (exact) mass is 1340 g/mol. The Hall–Kier alpha value is -13.5. The molecule has 0 radical (unpaired) electrons. The van der Waals surface area contributed by atoms with E-state index < -0.39 is 0 Å². The molecule has 4 nitrogen and oxygen atoms in total. The molecule has 0 aliphatic rings. The van der Waals surface area contributed by atoms with E-state index in [0.29, 0.717) is 0 Å². The van der Waals surface area contributed by atoms with Crippen LogP contribution in [0.5, 0.6) is 0 Å². The summed E-state index contributed by atoms with van der Waals surface area (Å²) in [7, 11) is 4.29. The number of hydrogen-bond acceptors (Lipinski definition) is 4. The molecule has 0 amide bonds. The van der Waals surface area contributed by atoms with Crippen molar-refractivity contribution < 1.29 is 0 Å². The van der Waals surface area contributed by atoms with Crippen molar-refractivity contribution >= 4 is 100.0 Å². The van der Waals surface area contributed by atoms with Gasteiger partial charge in [0.2, 0.25) is 0 Å². The summed E-state index contributed by atoms with van der Waals surface area (Å²) in [6, 6.07) is 147. The number of hydrogen-bond donors (Lipinski definition) is 0. The molecule has 500 valence electrons. The number of aryl methyl sites for hydroxylation is 1. The van der Waals surface area contributed by atoms with Gasteiger partial charge in [0.05, 0.1) is 0 Å². The molecule has 0 saturated carbocycles. The predicted molar refractivity (Wildman–Crippen MR) is 450 cm³/mol. The van der Waals surface area contributed by atoms with Crippen molar-refractivity contribution in [2.45, 2.75) is 6.92 Å². The van der Waals surface area contributed by atoms with Gasteiger partial charge in [-0.2, -0.15) is 0 Å². The first-order valence-electron chi connectivity index (χ1n) is 36.1. The lowest BCUT2D eigenvalue weighted by atomic mass is 9.89. The molecule has 0 atom stereocenters. The van der Waals surface area contributed by atoms with Gasteiger partial charge < -0.3 is 19.6 Å². The van der Waals surface area contributed by atoms with Crippen LogP contribution in [0.1, 0.15) is 5.56 Å². The smallest absolute Gasteiger partial charge is 0.0488 e. The molecule has 0 bridgehead atoms. The standard InChI is InChI=1S/C57H40N2.C44H36N2/c1-58(55-38-37-53-51-18-9-16-45-15-8-17-50(56(45)51)52-19-10-20-54(55)57(52)53)46-29-21-43(22-30-46)44-27-35-49(36-28-44)59(47-31-23-41(24-32-47)39-11-4-2-5-12-39)48-33-25-42(26-34-48)40-13-6-3-7-14-40;1-33-13-23-40(24-14-33)45(2)41-25-15-38(16-26-41)39-21-31-44(32-22-39)46(42-27-17-36(18-28-42)34-9-5-3-6-10-34)43-29-19-37(20-30-43)35-11-7-4-8-12-35/h2-38H,1H3;3-32H,1-2H3. The minimum atomic E-state index is 1.10. The summed E-state index contributed by atoms with van der Waals surface area (Å²) in [5, 5.41) is 10.5. The van der Waals surface area contributed by atoms with E-state index in [0.717, 1.165) is 45.5 Å². The summed E-state index contributed by atoms with van der Waals surface area (Å²) in [4.78, 5) is 9.20. The predicted octanol–water partition coefficient (Wildman–Crippen LogP) is 28.2. The van der Waals surface area contributed by atoms with Gasteiger partial charge in [0, 0.05) is 76.4 Å². The molecule has 18 rings (SSSR count). The lowest BCUT2D eigenvalue weighted by molar-refractivity contribution is 1.20. The fourth-order valence-corrected chi connectivity index (χ4v) is 15.0. The number of rotatable bonds is 16. The maximum absolute atomic E-state index is 2.34. The first-order chi connectivity index (χ1) is 51.8. The summed E-state index contributed by atoms with van der Waals surface area (Å²) < 4.78 is 0. The van der Waals surface area contributed by atoms with Crippen LogP contribution in [0.4, 0.5) is 56.9 Å². The molecule has 4 heteroatoms. The Balaban J connectivity index is 0.000000160. The third-order valence-corrected chi connectivity index (χ3v) is 20.6. The molecule has 0 spiro atoms. The molecule has 0 aromatic heterocycles. The van der Waals surface area contributed by atoms with Crippen LogP contribution >= 0.6 is 0 Å². The van der Waals surface area contributed by atoms with Gasteiger partial charge in [-0.1, -0.05) is 297 Å². The van der Waals surface area contributed by atoms with E-state index >= 15 is 0 Å². The normalized spacial score (nSPS) is 11.2. The summed E-state index contributed by atoms with van der Waals surface area (Å²) in [6.07, 6.45) is 0. The van der Waals surface area contributed by atoms with Gasteiger partial charge >= 0.3 is 0 Å². The second-order valence-corrected chi connectivity index (χ2v) is 27.0. The zero-order chi connectivity index (χ0) is 70.6. The van der Waals surface area contributed by atoms with Crippen LogP contribution in [-0.4, -0.2) is 14.1 Å². The maximum atomic E-state index is 2.34. The second-order valence-electron chi connectivity index (χ2n) is 27.0. The van der Waals surface area contributed by atoms with Crippen molar-refractivity contribution in [2.75, 3.05) is 33.7 Å².